The van der Waals surface area contributed by atoms with Gasteiger partial charge < -0.3 is 20.1 Å². The molecule has 3 rings (SSSR count). The smallest absolute Gasteiger partial charge is 0.419 e. The molecule has 0 aromatic heterocycles. The highest BCUT2D eigenvalue weighted by molar-refractivity contribution is 6.07. The lowest BCUT2D eigenvalue weighted by Crippen LogP contribution is -2.17. The molecule has 3 aromatic rings. The van der Waals surface area contributed by atoms with Gasteiger partial charge in [0.15, 0.2) is 0 Å². The number of alkyl halides is 3. The van der Waals surface area contributed by atoms with E-state index < -0.39 is 34.9 Å². The summed E-state index contributed by atoms with van der Waals surface area (Å²) < 4.78 is 63.9. The van der Waals surface area contributed by atoms with Crippen molar-refractivity contribution >= 4 is 23.2 Å². The van der Waals surface area contributed by atoms with Gasteiger partial charge in [0.1, 0.15) is 17.3 Å². The molecule has 0 fully saturated rings. The van der Waals surface area contributed by atoms with E-state index in [1.807, 2.05) is 0 Å². The lowest BCUT2D eigenvalue weighted by molar-refractivity contribution is -0.140. The monoisotopic (exact) mass is 490 g/mol. The maximum atomic E-state index is 13.6. The molecule has 0 saturated heterocycles. The summed E-state index contributed by atoms with van der Waals surface area (Å²) in [5.74, 6) is -2.46. The molecule has 0 heterocycles. The van der Waals surface area contributed by atoms with Gasteiger partial charge >= 0.3 is 6.18 Å². The fraction of sp³-hybridized carbons (Fsp3) is 0.200. The van der Waals surface area contributed by atoms with Gasteiger partial charge in [-0.05, 0) is 44.2 Å². The van der Waals surface area contributed by atoms with E-state index in [0.29, 0.717) is 17.7 Å². The van der Waals surface area contributed by atoms with Crippen molar-refractivity contribution in [2.24, 2.45) is 0 Å². The number of benzene rings is 3. The van der Waals surface area contributed by atoms with Crippen molar-refractivity contribution < 1.29 is 36.6 Å². The number of carbonyl (C=O) groups excluding carboxylic acids is 2. The molecule has 0 aliphatic heterocycles. The molecule has 0 atom stereocenters. The number of anilines is 2. The quantitative estimate of drug-likeness (QED) is 0.372. The first-order valence-corrected chi connectivity index (χ1v) is 10.6. The number of ether oxygens (including phenoxy) is 2. The van der Waals surface area contributed by atoms with E-state index in [0.717, 1.165) is 6.07 Å². The van der Waals surface area contributed by atoms with Crippen LogP contribution in [0.4, 0.5) is 28.9 Å². The third-order valence-corrected chi connectivity index (χ3v) is 4.75. The normalized spacial score (nSPS) is 11.0. The van der Waals surface area contributed by atoms with E-state index >= 15 is 0 Å². The van der Waals surface area contributed by atoms with Crippen LogP contribution in [-0.2, 0) is 6.18 Å². The molecule has 2 N–H and O–H groups in total. The largest absolute Gasteiger partial charge is 0.492 e. The van der Waals surface area contributed by atoms with Crippen LogP contribution in [0, 0.1) is 5.82 Å². The fourth-order valence-electron chi connectivity index (χ4n) is 3.17. The summed E-state index contributed by atoms with van der Waals surface area (Å²) in [4.78, 5) is 25.3. The van der Waals surface area contributed by atoms with Crippen LogP contribution in [-0.4, -0.2) is 25.0 Å². The van der Waals surface area contributed by atoms with Crippen LogP contribution in [0.1, 0.15) is 40.1 Å². The number of halogens is 4. The van der Waals surface area contributed by atoms with E-state index in [2.05, 4.69) is 10.6 Å². The van der Waals surface area contributed by atoms with Crippen LogP contribution in [0.5, 0.6) is 11.5 Å². The fourth-order valence-corrected chi connectivity index (χ4v) is 3.17. The summed E-state index contributed by atoms with van der Waals surface area (Å²) in [5.41, 5.74) is -1.19. The van der Waals surface area contributed by atoms with E-state index in [1.165, 1.54) is 12.1 Å². The summed E-state index contributed by atoms with van der Waals surface area (Å²) in [6.07, 6.45) is -4.96. The molecule has 35 heavy (non-hydrogen) atoms. The van der Waals surface area contributed by atoms with E-state index in [1.54, 1.807) is 44.2 Å². The topological polar surface area (TPSA) is 76.7 Å². The Hall–Kier alpha value is -4.08. The van der Waals surface area contributed by atoms with Gasteiger partial charge in [-0.3, -0.25) is 9.59 Å². The van der Waals surface area contributed by atoms with Gasteiger partial charge in [-0.1, -0.05) is 18.2 Å². The molecular formula is C25H22F4N2O4. The lowest BCUT2D eigenvalue weighted by atomic mass is 10.1. The van der Waals surface area contributed by atoms with Gasteiger partial charge in [-0.2, -0.15) is 13.2 Å². The summed E-state index contributed by atoms with van der Waals surface area (Å²) in [6, 6.07) is 13.2. The predicted octanol–water partition coefficient (Wildman–Crippen LogP) is 6.15. The van der Waals surface area contributed by atoms with Crippen molar-refractivity contribution in [3.63, 3.8) is 0 Å². The zero-order valence-corrected chi connectivity index (χ0v) is 18.8. The second-order valence-corrected chi connectivity index (χ2v) is 7.18. The number of nitrogens with one attached hydrogen (secondary N) is 2. The standard InChI is InChI=1S/C25H22F4N2O4/c1-3-34-21-14-20(31-24(33)16-10-11-18(26)17(12-16)25(27,28)29)22(35-4-2)13-19(21)30-23(32)15-8-6-5-7-9-15/h5-14H,3-4H2,1-2H3,(H,30,32)(H,31,33). The molecule has 0 bridgehead atoms. The molecule has 6 nitrogen and oxygen atoms in total. The van der Waals surface area contributed by atoms with Crippen molar-refractivity contribution in [2.75, 3.05) is 23.8 Å². The van der Waals surface area contributed by atoms with Crippen molar-refractivity contribution in [3.05, 3.63) is 83.2 Å². The zero-order chi connectivity index (χ0) is 25.6. The predicted molar refractivity (Wildman–Crippen MR) is 123 cm³/mol. The molecule has 0 unspecified atom stereocenters. The Morgan fingerprint density at radius 2 is 1.29 bits per heavy atom. The minimum absolute atomic E-state index is 0.0934. The van der Waals surface area contributed by atoms with Gasteiger partial charge in [0.2, 0.25) is 0 Å². The molecule has 0 aliphatic rings. The van der Waals surface area contributed by atoms with Gasteiger partial charge in [-0.25, -0.2) is 4.39 Å². The Kier molecular flexibility index (Phi) is 7.95. The van der Waals surface area contributed by atoms with Crippen molar-refractivity contribution in [2.45, 2.75) is 20.0 Å². The third kappa shape index (κ3) is 6.28. The molecule has 0 radical (unpaired) electrons. The van der Waals surface area contributed by atoms with Crippen LogP contribution in [0.25, 0.3) is 0 Å². The Balaban J connectivity index is 1.95. The number of rotatable bonds is 8. The lowest BCUT2D eigenvalue weighted by Gasteiger charge is -2.18. The summed E-state index contributed by atoms with van der Waals surface area (Å²) in [7, 11) is 0. The van der Waals surface area contributed by atoms with Crippen LogP contribution >= 0.6 is 0 Å². The van der Waals surface area contributed by atoms with Crippen LogP contribution in [0.3, 0.4) is 0 Å². The third-order valence-electron chi connectivity index (χ3n) is 4.75. The SMILES string of the molecule is CCOc1cc(NC(=O)c2ccc(F)c(C(F)(F)F)c2)c(OCC)cc1NC(=O)c1ccccc1. The Morgan fingerprint density at radius 3 is 1.77 bits per heavy atom. The summed E-state index contributed by atoms with van der Waals surface area (Å²) in [5, 5.41) is 5.20. The maximum absolute atomic E-state index is 13.6. The van der Waals surface area contributed by atoms with Crippen LogP contribution in [0.15, 0.2) is 60.7 Å². The molecule has 10 heteroatoms. The molecule has 0 spiro atoms. The average molecular weight is 490 g/mol. The minimum Gasteiger partial charge on any atom is -0.492 e. The van der Waals surface area contributed by atoms with E-state index in [9.17, 15) is 27.2 Å². The average Bonchev–Trinajstić information content (AvgIpc) is 2.82. The maximum Gasteiger partial charge on any atom is 0.419 e. The first-order chi connectivity index (χ1) is 16.6. The Bertz CT molecular complexity index is 1210. The molecular weight excluding hydrogens is 468 g/mol. The van der Waals surface area contributed by atoms with E-state index in [-0.39, 0.29) is 36.1 Å². The number of carbonyl (C=O) groups is 2. The molecule has 184 valence electrons. The van der Waals surface area contributed by atoms with Crippen molar-refractivity contribution in [1.82, 2.24) is 0 Å². The second-order valence-electron chi connectivity index (χ2n) is 7.18. The molecule has 2 amide bonds. The van der Waals surface area contributed by atoms with Gasteiger partial charge in [0.25, 0.3) is 11.8 Å². The number of hydrogen-bond donors (Lipinski definition) is 2. The molecule has 0 aliphatic carbocycles. The number of amides is 2. The zero-order valence-electron chi connectivity index (χ0n) is 18.8. The summed E-state index contributed by atoms with van der Waals surface area (Å²) >= 11 is 0. The van der Waals surface area contributed by atoms with Gasteiger partial charge in [-0.15, -0.1) is 0 Å². The first kappa shape index (κ1) is 25.5. The van der Waals surface area contributed by atoms with Crippen LogP contribution < -0.4 is 20.1 Å². The summed E-state index contributed by atoms with van der Waals surface area (Å²) in [6.45, 7) is 3.83. The Labute approximate surface area is 198 Å². The highest BCUT2D eigenvalue weighted by Gasteiger charge is 2.34. The first-order valence-electron chi connectivity index (χ1n) is 10.6. The van der Waals surface area contributed by atoms with E-state index in [4.69, 9.17) is 9.47 Å². The highest BCUT2D eigenvalue weighted by atomic mass is 19.4. The van der Waals surface area contributed by atoms with Crippen molar-refractivity contribution in [3.8, 4) is 11.5 Å². The second kappa shape index (κ2) is 10.9. The highest BCUT2D eigenvalue weighted by Crippen LogP contribution is 2.38. The molecule has 0 saturated carbocycles. The number of hydrogen-bond acceptors (Lipinski definition) is 4. The van der Waals surface area contributed by atoms with Gasteiger partial charge in [0.05, 0.1) is 30.2 Å². The molecule has 3 aromatic carbocycles. The van der Waals surface area contributed by atoms with Crippen molar-refractivity contribution in [1.29, 1.82) is 0 Å². The minimum atomic E-state index is -4.96. The van der Waals surface area contributed by atoms with Gasteiger partial charge in [0, 0.05) is 23.3 Å². The Morgan fingerprint density at radius 1 is 0.771 bits per heavy atom. The van der Waals surface area contributed by atoms with Crippen LogP contribution in [0.2, 0.25) is 0 Å².